The number of hydrogen-bond acceptors (Lipinski definition) is 3. The molecule has 1 saturated carbocycles. The second kappa shape index (κ2) is 7.57. The van der Waals surface area contributed by atoms with Crippen LogP contribution in [-0.2, 0) is 14.3 Å². The lowest BCUT2D eigenvalue weighted by atomic mass is 9.88. The maximum Gasteiger partial charge on any atom is 0.333 e. The highest BCUT2D eigenvalue weighted by Gasteiger charge is 2.43. The molecule has 1 aliphatic heterocycles. The lowest BCUT2D eigenvalue weighted by Gasteiger charge is -2.15. The summed E-state index contributed by atoms with van der Waals surface area (Å²) in [5.74, 6) is 0.535. The van der Waals surface area contributed by atoms with Crippen molar-refractivity contribution in [2.24, 2.45) is 5.92 Å². The van der Waals surface area contributed by atoms with Crippen LogP contribution in [0.1, 0.15) is 39.0 Å². The minimum absolute atomic E-state index is 0.335. The van der Waals surface area contributed by atoms with Crippen LogP contribution in [0, 0.1) is 19.8 Å². The average Bonchev–Trinajstić information content (AvgIpc) is 3.14. The minimum atomic E-state index is -0.335. The zero-order valence-corrected chi connectivity index (χ0v) is 11.3. The highest BCUT2D eigenvalue weighted by atomic mass is 16.6. The van der Waals surface area contributed by atoms with Crippen molar-refractivity contribution in [3.63, 3.8) is 0 Å². The molecule has 0 aromatic carbocycles. The number of rotatable bonds is 4. The van der Waals surface area contributed by atoms with Gasteiger partial charge in [-0.15, -0.1) is 0 Å². The molecule has 2 radical (unpaired) electrons. The number of ether oxygens (including phenoxy) is 2. The molecule has 2 aliphatic rings. The zero-order chi connectivity index (χ0) is 13.5. The van der Waals surface area contributed by atoms with Gasteiger partial charge in [-0.2, -0.15) is 0 Å². The molecule has 2 rings (SSSR count). The summed E-state index contributed by atoms with van der Waals surface area (Å²) in [5.41, 5.74) is 0.434. The Labute approximate surface area is 111 Å². The molecule has 0 N–H and O–H groups in total. The molecular weight excluding hydrogens is 228 g/mol. The number of esters is 1. The second-order valence-electron chi connectivity index (χ2n) is 4.95. The minimum Gasteiger partial charge on any atom is -0.462 e. The van der Waals surface area contributed by atoms with Gasteiger partial charge in [0.1, 0.15) is 0 Å². The lowest BCUT2D eigenvalue weighted by molar-refractivity contribution is -0.138. The highest BCUT2D eigenvalue weighted by Crippen LogP contribution is 2.40. The number of carbonyl (C=O) groups is 1. The highest BCUT2D eigenvalue weighted by molar-refractivity contribution is 5.86. The summed E-state index contributed by atoms with van der Waals surface area (Å²) >= 11 is 0. The molecule has 3 atom stereocenters. The topological polar surface area (TPSA) is 38.8 Å². The zero-order valence-electron chi connectivity index (χ0n) is 11.3. The molecule has 3 unspecified atom stereocenters. The Kier molecular flexibility index (Phi) is 6.41. The van der Waals surface area contributed by atoms with E-state index in [1.807, 2.05) is 0 Å². The molecule has 1 aliphatic carbocycles. The number of fused-ring (bicyclic) bond motifs is 1. The Morgan fingerprint density at radius 2 is 2.06 bits per heavy atom. The first-order valence-corrected chi connectivity index (χ1v) is 6.65. The van der Waals surface area contributed by atoms with Crippen LogP contribution < -0.4 is 0 Å². The maximum absolute atomic E-state index is 10.6. The van der Waals surface area contributed by atoms with Gasteiger partial charge in [0, 0.05) is 5.57 Å². The van der Waals surface area contributed by atoms with E-state index >= 15 is 0 Å². The Balaban J connectivity index is 0.000000180. The predicted octanol–water partition coefficient (Wildman–Crippen LogP) is 3.11. The van der Waals surface area contributed by atoms with Crippen LogP contribution in [0.25, 0.3) is 0 Å². The molecule has 0 amide bonds. The summed E-state index contributed by atoms with van der Waals surface area (Å²) < 4.78 is 10.0. The Morgan fingerprint density at radius 3 is 2.56 bits per heavy atom. The first-order valence-electron chi connectivity index (χ1n) is 6.65. The molecule has 0 aromatic heterocycles. The lowest BCUT2D eigenvalue weighted by Crippen LogP contribution is -2.12. The summed E-state index contributed by atoms with van der Waals surface area (Å²) in [4.78, 5) is 10.6. The van der Waals surface area contributed by atoms with Gasteiger partial charge < -0.3 is 9.47 Å². The summed E-state index contributed by atoms with van der Waals surface area (Å²) in [5, 5.41) is 0. The SMILES string of the molecule is [CH2]CC1CCC2OC2C1.[CH2]CCOC(=O)C(=C)C. The van der Waals surface area contributed by atoms with E-state index in [0.717, 1.165) is 12.3 Å². The summed E-state index contributed by atoms with van der Waals surface area (Å²) in [6.45, 7) is 12.8. The van der Waals surface area contributed by atoms with Crippen LogP contribution in [0.3, 0.4) is 0 Å². The number of carbonyl (C=O) groups excluding carboxylic acids is 1. The van der Waals surface area contributed by atoms with Crippen molar-refractivity contribution in [2.45, 2.75) is 51.2 Å². The first-order chi connectivity index (χ1) is 8.58. The second-order valence-corrected chi connectivity index (χ2v) is 4.95. The molecule has 1 saturated heterocycles. The standard InChI is InChI=1S/C8H13O.C7H11O2/c1-2-6-3-4-7-8(5-6)9-7;1-4-5-9-7(8)6(2)3/h6-8H,1-5H2;1-2,4-5H2,3H3. The van der Waals surface area contributed by atoms with Crippen molar-refractivity contribution in [3.8, 4) is 0 Å². The molecule has 3 heteroatoms. The van der Waals surface area contributed by atoms with Crippen LogP contribution in [0.5, 0.6) is 0 Å². The van der Waals surface area contributed by atoms with Crippen molar-refractivity contribution in [2.75, 3.05) is 6.61 Å². The average molecular weight is 252 g/mol. The molecule has 2 fully saturated rings. The molecular formula is C15H24O3. The van der Waals surface area contributed by atoms with Gasteiger partial charge in [-0.3, -0.25) is 0 Å². The van der Waals surface area contributed by atoms with Gasteiger partial charge in [0.05, 0.1) is 18.8 Å². The molecule has 0 spiro atoms. The third kappa shape index (κ3) is 5.21. The van der Waals surface area contributed by atoms with Gasteiger partial charge in [0.2, 0.25) is 0 Å². The monoisotopic (exact) mass is 252 g/mol. The van der Waals surface area contributed by atoms with Crippen molar-refractivity contribution in [1.29, 1.82) is 0 Å². The van der Waals surface area contributed by atoms with E-state index in [9.17, 15) is 4.79 Å². The fourth-order valence-corrected chi connectivity index (χ4v) is 2.04. The fourth-order valence-electron chi connectivity index (χ4n) is 2.04. The number of hydrogen-bond donors (Lipinski definition) is 0. The van der Waals surface area contributed by atoms with Gasteiger partial charge in [-0.1, -0.05) is 19.9 Å². The quantitative estimate of drug-likeness (QED) is 0.438. The van der Waals surface area contributed by atoms with Gasteiger partial charge >= 0.3 is 5.97 Å². The molecule has 1 heterocycles. The van der Waals surface area contributed by atoms with E-state index in [1.54, 1.807) is 6.92 Å². The molecule has 18 heavy (non-hydrogen) atoms. The van der Waals surface area contributed by atoms with E-state index in [1.165, 1.54) is 19.3 Å². The predicted molar refractivity (Wildman–Crippen MR) is 71.7 cm³/mol. The molecule has 0 bridgehead atoms. The summed E-state index contributed by atoms with van der Waals surface area (Å²) in [7, 11) is 0. The molecule has 0 aromatic rings. The van der Waals surface area contributed by atoms with Crippen LogP contribution in [0.4, 0.5) is 0 Å². The van der Waals surface area contributed by atoms with E-state index in [4.69, 9.17) is 4.74 Å². The van der Waals surface area contributed by atoms with Crippen molar-refractivity contribution < 1.29 is 14.3 Å². The third-order valence-electron chi connectivity index (χ3n) is 3.25. The van der Waals surface area contributed by atoms with Crippen LogP contribution in [-0.4, -0.2) is 24.8 Å². The van der Waals surface area contributed by atoms with Crippen LogP contribution >= 0.6 is 0 Å². The van der Waals surface area contributed by atoms with Crippen molar-refractivity contribution in [1.82, 2.24) is 0 Å². The van der Waals surface area contributed by atoms with Gasteiger partial charge in [-0.05, 0) is 45.4 Å². The normalized spacial score (nSPS) is 28.5. The largest absolute Gasteiger partial charge is 0.462 e. The van der Waals surface area contributed by atoms with Gasteiger partial charge in [-0.25, -0.2) is 4.79 Å². The van der Waals surface area contributed by atoms with E-state index < -0.39 is 0 Å². The van der Waals surface area contributed by atoms with E-state index in [2.05, 4.69) is 25.2 Å². The van der Waals surface area contributed by atoms with Crippen molar-refractivity contribution in [3.05, 3.63) is 26.0 Å². The molecule has 3 nitrogen and oxygen atoms in total. The fraction of sp³-hybridized carbons (Fsp3) is 0.667. The Morgan fingerprint density at radius 1 is 1.33 bits per heavy atom. The van der Waals surface area contributed by atoms with Gasteiger partial charge in [0.25, 0.3) is 0 Å². The summed E-state index contributed by atoms with van der Waals surface area (Å²) in [6, 6.07) is 0. The molecule has 102 valence electrons. The van der Waals surface area contributed by atoms with Crippen LogP contribution in [0.2, 0.25) is 0 Å². The van der Waals surface area contributed by atoms with E-state index in [-0.39, 0.29) is 5.97 Å². The van der Waals surface area contributed by atoms with Crippen LogP contribution in [0.15, 0.2) is 12.2 Å². The van der Waals surface area contributed by atoms with Gasteiger partial charge in [0.15, 0.2) is 0 Å². The number of epoxide rings is 1. The summed E-state index contributed by atoms with van der Waals surface area (Å²) in [6.07, 6.45) is 6.95. The smallest absolute Gasteiger partial charge is 0.333 e. The Bertz CT molecular complexity index is 285. The van der Waals surface area contributed by atoms with Crippen molar-refractivity contribution >= 4 is 5.97 Å². The Hall–Kier alpha value is -0.830. The van der Waals surface area contributed by atoms with E-state index in [0.29, 0.717) is 30.8 Å². The third-order valence-corrected chi connectivity index (χ3v) is 3.25. The maximum atomic E-state index is 10.6. The first kappa shape index (κ1) is 15.2.